The fourth-order valence-corrected chi connectivity index (χ4v) is 6.85. The van der Waals surface area contributed by atoms with Gasteiger partial charge in [-0.3, -0.25) is 4.90 Å². The van der Waals surface area contributed by atoms with Crippen LogP contribution in [0.15, 0.2) is 17.6 Å². The molecule has 0 bridgehead atoms. The van der Waals surface area contributed by atoms with E-state index in [9.17, 15) is 8.42 Å². The van der Waals surface area contributed by atoms with Crippen molar-refractivity contribution >= 4 is 10.0 Å². The normalized spacial score (nSPS) is 33.2. The Labute approximate surface area is 150 Å². The number of hydrogen-bond donors (Lipinski definition) is 0. The van der Waals surface area contributed by atoms with Crippen LogP contribution < -0.4 is 0 Å². The Morgan fingerprint density at radius 3 is 2.64 bits per heavy atom. The average Bonchev–Trinajstić information content (AvgIpc) is 3.11. The second-order valence-corrected chi connectivity index (χ2v) is 10.5. The fraction of sp³-hybridized carbons (Fsp3) is 0.824. The van der Waals surface area contributed by atoms with Gasteiger partial charge in [0.15, 0.2) is 5.03 Å². The van der Waals surface area contributed by atoms with Gasteiger partial charge in [0.05, 0.1) is 19.5 Å². The molecule has 1 saturated carbocycles. The SMILES string of the molecule is Cn1cnc(S(=O)(=O)N2C[C@@H]3C(C)(C)C[C@]3(CN3CCOCC3)C2)c1. The number of rotatable bonds is 4. The lowest BCUT2D eigenvalue weighted by atomic mass is 9.48. The van der Waals surface area contributed by atoms with Crippen LogP contribution in [0.5, 0.6) is 0 Å². The molecule has 0 spiro atoms. The van der Waals surface area contributed by atoms with Gasteiger partial charge in [-0.05, 0) is 17.8 Å². The standard InChI is InChI=1S/C17H28N4O3S/c1-16(2)10-17(11-20-4-6-24-7-5-20)12-21(8-14(16)17)25(22,23)15-9-19(3)13-18-15/h9,13-14H,4-8,10-12H2,1-3H3/t14-,17+/m1/s1. The van der Waals surface area contributed by atoms with Crippen LogP contribution >= 0.6 is 0 Å². The molecular formula is C17H28N4O3S. The number of ether oxygens (including phenoxy) is 1. The molecule has 1 aromatic heterocycles. The smallest absolute Gasteiger partial charge is 0.262 e. The second kappa shape index (κ2) is 5.77. The molecule has 8 heteroatoms. The summed E-state index contributed by atoms with van der Waals surface area (Å²) in [6.07, 6.45) is 4.22. The van der Waals surface area contributed by atoms with Gasteiger partial charge >= 0.3 is 0 Å². The monoisotopic (exact) mass is 368 g/mol. The highest BCUT2D eigenvalue weighted by molar-refractivity contribution is 7.89. The van der Waals surface area contributed by atoms with E-state index in [1.54, 1.807) is 28.4 Å². The molecule has 1 aliphatic carbocycles. The Morgan fingerprint density at radius 2 is 2.04 bits per heavy atom. The van der Waals surface area contributed by atoms with Gasteiger partial charge < -0.3 is 9.30 Å². The predicted octanol–water partition coefficient (Wildman–Crippen LogP) is 0.789. The molecule has 1 aromatic rings. The molecule has 4 rings (SSSR count). The number of sulfonamides is 1. The van der Waals surface area contributed by atoms with Gasteiger partial charge in [-0.2, -0.15) is 4.31 Å². The predicted molar refractivity (Wildman–Crippen MR) is 93.5 cm³/mol. The minimum absolute atomic E-state index is 0.0721. The second-order valence-electron chi connectivity index (χ2n) is 8.64. The van der Waals surface area contributed by atoms with Crippen LogP contribution in [-0.2, 0) is 21.8 Å². The summed E-state index contributed by atoms with van der Waals surface area (Å²) < 4.78 is 34.9. The molecule has 3 fully saturated rings. The lowest BCUT2D eigenvalue weighted by molar-refractivity contribution is -0.0965. The Balaban J connectivity index is 1.57. The van der Waals surface area contributed by atoms with Gasteiger partial charge in [-0.1, -0.05) is 13.8 Å². The third kappa shape index (κ3) is 2.83. The van der Waals surface area contributed by atoms with Gasteiger partial charge in [0.1, 0.15) is 0 Å². The van der Waals surface area contributed by atoms with Crippen LogP contribution in [0.1, 0.15) is 20.3 Å². The van der Waals surface area contributed by atoms with Crippen LogP contribution in [0.2, 0.25) is 0 Å². The Kier molecular flexibility index (Phi) is 4.03. The zero-order valence-electron chi connectivity index (χ0n) is 15.3. The molecule has 0 radical (unpaired) electrons. The lowest BCUT2D eigenvalue weighted by Crippen LogP contribution is -2.59. The summed E-state index contributed by atoms with van der Waals surface area (Å²) in [5.74, 6) is 0.404. The first-order valence-electron chi connectivity index (χ1n) is 9.01. The highest BCUT2D eigenvalue weighted by Gasteiger charge is 2.64. The van der Waals surface area contributed by atoms with Crippen molar-refractivity contribution in [1.29, 1.82) is 0 Å². The summed E-state index contributed by atoms with van der Waals surface area (Å²) >= 11 is 0. The van der Waals surface area contributed by atoms with E-state index < -0.39 is 10.0 Å². The van der Waals surface area contributed by atoms with Crippen molar-refractivity contribution in [1.82, 2.24) is 18.8 Å². The Hall–Kier alpha value is -0.960. The molecule has 140 valence electrons. The van der Waals surface area contributed by atoms with Gasteiger partial charge in [0.2, 0.25) is 0 Å². The van der Waals surface area contributed by atoms with Crippen LogP contribution in [0.4, 0.5) is 0 Å². The quantitative estimate of drug-likeness (QED) is 0.786. The first-order chi connectivity index (χ1) is 11.7. The maximum Gasteiger partial charge on any atom is 0.262 e. The first kappa shape index (κ1) is 17.5. The highest BCUT2D eigenvalue weighted by Crippen LogP contribution is 2.63. The van der Waals surface area contributed by atoms with Crippen LogP contribution in [0, 0.1) is 16.7 Å². The van der Waals surface area contributed by atoms with Crippen molar-refractivity contribution in [3.8, 4) is 0 Å². The number of aromatic nitrogens is 2. The van der Waals surface area contributed by atoms with Gasteiger partial charge in [0.25, 0.3) is 10.0 Å². The molecular weight excluding hydrogens is 340 g/mol. The van der Waals surface area contributed by atoms with Crippen molar-refractivity contribution < 1.29 is 13.2 Å². The van der Waals surface area contributed by atoms with Crippen molar-refractivity contribution in [2.24, 2.45) is 23.8 Å². The summed E-state index contributed by atoms with van der Waals surface area (Å²) in [4.78, 5) is 6.53. The maximum atomic E-state index is 13.0. The van der Waals surface area contributed by atoms with Crippen LogP contribution in [0.25, 0.3) is 0 Å². The van der Waals surface area contributed by atoms with E-state index in [1.807, 2.05) is 0 Å². The maximum absolute atomic E-state index is 13.0. The molecule has 3 heterocycles. The van der Waals surface area contributed by atoms with Gasteiger partial charge in [0, 0.05) is 51.4 Å². The van der Waals surface area contributed by atoms with E-state index in [0.29, 0.717) is 19.0 Å². The zero-order valence-corrected chi connectivity index (χ0v) is 16.1. The van der Waals surface area contributed by atoms with E-state index >= 15 is 0 Å². The number of aryl methyl sites for hydroxylation is 1. The number of imidazole rings is 1. The minimum atomic E-state index is -3.51. The molecule has 2 atom stereocenters. The number of nitrogens with zero attached hydrogens (tertiary/aromatic N) is 4. The summed E-state index contributed by atoms with van der Waals surface area (Å²) in [6, 6.07) is 0. The molecule has 25 heavy (non-hydrogen) atoms. The average molecular weight is 369 g/mol. The largest absolute Gasteiger partial charge is 0.379 e. The topological polar surface area (TPSA) is 67.7 Å². The molecule has 7 nitrogen and oxygen atoms in total. The molecule has 2 saturated heterocycles. The summed E-state index contributed by atoms with van der Waals surface area (Å²) in [6.45, 7) is 10.2. The molecule has 3 aliphatic rings. The summed E-state index contributed by atoms with van der Waals surface area (Å²) in [7, 11) is -1.72. The van der Waals surface area contributed by atoms with Gasteiger partial charge in [-0.25, -0.2) is 13.4 Å². The Morgan fingerprint density at radius 1 is 1.32 bits per heavy atom. The summed E-state index contributed by atoms with van der Waals surface area (Å²) in [5, 5.41) is 0.163. The van der Waals surface area contributed by atoms with Gasteiger partial charge in [-0.15, -0.1) is 0 Å². The molecule has 0 unspecified atom stereocenters. The van der Waals surface area contributed by atoms with Crippen molar-refractivity contribution in [3.63, 3.8) is 0 Å². The van der Waals surface area contributed by atoms with Crippen LogP contribution in [-0.4, -0.2) is 73.1 Å². The summed E-state index contributed by atoms with van der Waals surface area (Å²) in [5.41, 5.74) is 0.267. The van der Waals surface area contributed by atoms with E-state index in [1.165, 1.54) is 0 Å². The van der Waals surface area contributed by atoms with Crippen molar-refractivity contribution in [2.75, 3.05) is 45.9 Å². The van der Waals surface area contributed by atoms with E-state index in [-0.39, 0.29) is 15.9 Å². The fourth-order valence-electron chi connectivity index (χ4n) is 5.34. The third-order valence-corrected chi connectivity index (χ3v) is 7.99. The number of morpholine rings is 1. The highest BCUT2D eigenvalue weighted by atomic mass is 32.2. The Bertz CT molecular complexity index is 754. The lowest BCUT2D eigenvalue weighted by Gasteiger charge is -2.58. The first-order valence-corrected chi connectivity index (χ1v) is 10.5. The van der Waals surface area contributed by atoms with E-state index in [4.69, 9.17) is 4.74 Å². The van der Waals surface area contributed by atoms with Crippen molar-refractivity contribution in [3.05, 3.63) is 12.5 Å². The molecule has 0 amide bonds. The van der Waals surface area contributed by atoms with E-state index in [0.717, 1.165) is 39.3 Å². The minimum Gasteiger partial charge on any atom is -0.379 e. The zero-order chi connectivity index (χ0) is 17.9. The molecule has 2 aliphatic heterocycles. The third-order valence-electron chi connectivity index (χ3n) is 6.30. The van der Waals surface area contributed by atoms with Crippen LogP contribution in [0.3, 0.4) is 0 Å². The number of hydrogen-bond acceptors (Lipinski definition) is 5. The number of fused-ring (bicyclic) bond motifs is 1. The van der Waals surface area contributed by atoms with Crippen molar-refractivity contribution in [2.45, 2.75) is 25.3 Å². The molecule has 0 aromatic carbocycles. The molecule has 0 N–H and O–H groups in total. The van der Waals surface area contributed by atoms with E-state index in [2.05, 4.69) is 23.7 Å².